The number of rotatable bonds is 6. The van der Waals surface area contributed by atoms with Crippen LogP contribution in [0.1, 0.15) is 31.7 Å². The highest BCUT2D eigenvalue weighted by molar-refractivity contribution is 7.89. The number of likely N-dealkylation sites (tertiary alicyclic amines) is 1. The van der Waals surface area contributed by atoms with Crippen LogP contribution in [-0.2, 0) is 16.8 Å². The molecule has 5 rings (SSSR count). The van der Waals surface area contributed by atoms with Crippen molar-refractivity contribution in [3.63, 3.8) is 0 Å². The number of nitrogens with two attached hydrogens (primary N) is 1. The lowest BCUT2D eigenvalue weighted by Gasteiger charge is -2.47. The molecule has 0 aliphatic carbocycles. The molecule has 0 radical (unpaired) electrons. The van der Waals surface area contributed by atoms with Gasteiger partial charge in [-0.05, 0) is 50.6 Å². The Kier molecular flexibility index (Phi) is 8.29. The number of hydrogen-bond donors (Lipinski definition) is 2. The van der Waals surface area contributed by atoms with E-state index in [1.165, 1.54) is 6.07 Å². The number of nitrogens with zero attached hydrogens (tertiary/aromatic N) is 6. The molecule has 3 N–H and O–H groups in total. The van der Waals surface area contributed by atoms with E-state index in [-0.39, 0.29) is 17.5 Å². The highest BCUT2D eigenvalue weighted by atomic mass is 35.5. The van der Waals surface area contributed by atoms with E-state index in [4.69, 9.17) is 28.9 Å². The van der Waals surface area contributed by atoms with Crippen LogP contribution in [0.2, 0.25) is 10.0 Å². The van der Waals surface area contributed by atoms with Gasteiger partial charge in [-0.2, -0.15) is 8.42 Å². The summed E-state index contributed by atoms with van der Waals surface area (Å²) in [5.74, 6) is 0.175. The summed E-state index contributed by atoms with van der Waals surface area (Å²) < 4.78 is 44.1. The first-order valence-electron chi connectivity index (χ1n) is 12.9. The van der Waals surface area contributed by atoms with Crippen molar-refractivity contribution in [1.29, 1.82) is 0 Å². The molecule has 3 aliphatic rings. The first-order chi connectivity index (χ1) is 18.6. The van der Waals surface area contributed by atoms with E-state index < -0.39 is 10.2 Å². The van der Waals surface area contributed by atoms with E-state index in [1.54, 1.807) is 24.4 Å². The van der Waals surface area contributed by atoms with Gasteiger partial charge in [0.15, 0.2) is 11.7 Å². The number of pyridine rings is 1. The monoisotopic (exact) mass is 596 g/mol. The molecule has 0 bridgehead atoms. The normalized spacial score (nSPS) is 22.6. The van der Waals surface area contributed by atoms with Crippen LogP contribution in [0.5, 0.6) is 0 Å². The lowest BCUT2D eigenvalue weighted by Crippen LogP contribution is -2.58. The zero-order valence-electron chi connectivity index (χ0n) is 21.5. The molecule has 2 aromatic rings. The molecule has 0 amide bonds. The Hall–Kier alpha value is -2.51. The second-order valence-corrected chi connectivity index (χ2v) is 12.1. The summed E-state index contributed by atoms with van der Waals surface area (Å²) in [6.07, 6.45) is 4.65. The number of aromatic nitrogens is 1. The van der Waals surface area contributed by atoms with Crippen molar-refractivity contribution in [1.82, 2.24) is 14.8 Å². The minimum atomic E-state index is -3.94. The molecule has 3 aliphatic heterocycles. The molecule has 14 heteroatoms. The number of amidine groups is 2. The summed E-state index contributed by atoms with van der Waals surface area (Å²) >= 11 is 12.5. The largest absolute Gasteiger partial charge is 0.380 e. The molecule has 210 valence electrons. The van der Waals surface area contributed by atoms with Gasteiger partial charge in [-0.1, -0.05) is 36.2 Å². The standard InChI is InChI=1S/C25H31Cl2FN8O2S/c1-2-19-15-35(25-21(27)12-18(13-30-25)31-24-23(29)32-39(37,38)33-24)9-10-36(19)20-5-7-34(8-6-20)14-16-3-4-17(26)11-22(16)28/h3-4,11-13,19-20H,2,5-10,14-15H2,1H3,(H2,29,32)(H,31,33)/t19-/m0/s1. The van der Waals surface area contributed by atoms with Gasteiger partial charge in [0, 0.05) is 48.8 Å². The van der Waals surface area contributed by atoms with E-state index in [2.05, 4.69) is 40.7 Å². The average molecular weight is 598 g/mol. The summed E-state index contributed by atoms with van der Waals surface area (Å²) in [6, 6.07) is 7.40. The number of piperidine rings is 1. The summed E-state index contributed by atoms with van der Waals surface area (Å²) in [5, 5.41) is 3.69. The van der Waals surface area contributed by atoms with Crippen LogP contribution in [0.15, 0.2) is 39.3 Å². The zero-order valence-corrected chi connectivity index (χ0v) is 23.9. The third kappa shape index (κ3) is 6.46. The predicted molar refractivity (Wildman–Crippen MR) is 154 cm³/mol. The number of piperazine rings is 1. The molecule has 0 saturated carbocycles. The topological polar surface area (TPSA) is 120 Å². The van der Waals surface area contributed by atoms with Crippen molar-refractivity contribution in [2.24, 2.45) is 14.5 Å². The molecule has 1 aromatic heterocycles. The Labute approximate surface area is 237 Å². The van der Waals surface area contributed by atoms with Gasteiger partial charge >= 0.3 is 10.2 Å². The number of benzene rings is 1. The van der Waals surface area contributed by atoms with Crippen LogP contribution in [0.3, 0.4) is 0 Å². The van der Waals surface area contributed by atoms with Crippen LogP contribution >= 0.6 is 23.2 Å². The van der Waals surface area contributed by atoms with Crippen molar-refractivity contribution >= 4 is 56.6 Å². The number of nitrogens with one attached hydrogen (secondary N) is 1. The number of anilines is 2. The maximum absolute atomic E-state index is 14.3. The fourth-order valence-electron chi connectivity index (χ4n) is 5.51. The molecule has 0 unspecified atom stereocenters. The molecular weight excluding hydrogens is 566 g/mol. The summed E-state index contributed by atoms with van der Waals surface area (Å²) in [6.45, 7) is 7.13. The van der Waals surface area contributed by atoms with Crippen LogP contribution in [0.25, 0.3) is 0 Å². The van der Waals surface area contributed by atoms with Gasteiger partial charge in [0.05, 0.1) is 16.9 Å². The van der Waals surface area contributed by atoms with Gasteiger partial charge in [-0.15, -0.1) is 8.80 Å². The maximum atomic E-state index is 14.3. The zero-order chi connectivity index (χ0) is 27.7. The molecule has 1 atom stereocenters. The van der Waals surface area contributed by atoms with Gasteiger partial charge in [0.25, 0.3) is 0 Å². The highest BCUT2D eigenvalue weighted by Gasteiger charge is 2.34. The van der Waals surface area contributed by atoms with Crippen LogP contribution in [0, 0.1) is 5.82 Å². The minimum Gasteiger partial charge on any atom is -0.380 e. The molecular formula is C25H31Cl2FN8O2S. The van der Waals surface area contributed by atoms with E-state index in [0.29, 0.717) is 45.7 Å². The van der Waals surface area contributed by atoms with Gasteiger partial charge in [0.2, 0.25) is 0 Å². The second kappa shape index (κ2) is 11.5. The first-order valence-corrected chi connectivity index (χ1v) is 15.1. The van der Waals surface area contributed by atoms with Crippen molar-refractivity contribution in [3.8, 4) is 0 Å². The molecule has 0 spiro atoms. The fourth-order valence-corrected chi connectivity index (χ4v) is 6.70. The molecule has 4 heterocycles. The molecule has 2 saturated heterocycles. The lowest BCUT2D eigenvalue weighted by molar-refractivity contribution is 0.0607. The Morgan fingerprint density at radius 1 is 1.13 bits per heavy atom. The van der Waals surface area contributed by atoms with Crippen LogP contribution < -0.4 is 16.0 Å². The minimum absolute atomic E-state index is 0.0513. The molecule has 39 heavy (non-hydrogen) atoms. The van der Waals surface area contributed by atoms with E-state index in [9.17, 15) is 12.8 Å². The van der Waals surface area contributed by atoms with E-state index in [1.807, 2.05) is 0 Å². The van der Waals surface area contributed by atoms with Gasteiger partial charge in [-0.3, -0.25) is 9.80 Å². The maximum Gasteiger partial charge on any atom is 0.367 e. The third-order valence-electron chi connectivity index (χ3n) is 7.48. The van der Waals surface area contributed by atoms with Gasteiger partial charge in [-0.25, -0.2) is 9.37 Å². The predicted octanol–water partition coefficient (Wildman–Crippen LogP) is 3.52. The van der Waals surface area contributed by atoms with Crippen LogP contribution in [-0.4, -0.2) is 79.7 Å². The average Bonchev–Trinajstić information content (AvgIpc) is 3.16. The fraction of sp³-hybridized carbons (Fsp3) is 0.480. The van der Waals surface area contributed by atoms with Gasteiger partial charge in [0.1, 0.15) is 11.6 Å². The van der Waals surface area contributed by atoms with Gasteiger partial charge < -0.3 is 16.0 Å². The SMILES string of the molecule is CC[C@H]1CN(c2ncc(NC3=NS(=O)(=O)N=C3N)cc2Cl)CCN1C1CCN(Cc2ccc(Cl)cc2F)CC1. The smallest absolute Gasteiger partial charge is 0.367 e. The quantitative estimate of drug-likeness (QED) is 0.520. The summed E-state index contributed by atoms with van der Waals surface area (Å²) in [7, 11) is -3.94. The lowest BCUT2D eigenvalue weighted by atomic mass is 9.97. The van der Waals surface area contributed by atoms with Crippen molar-refractivity contribution in [2.75, 3.05) is 42.9 Å². The van der Waals surface area contributed by atoms with Crippen molar-refractivity contribution in [2.45, 2.75) is 44.8 Å². The van der Waals surface area contributed by atoms with E-state index >= 15 is 0 Å². The Bertz CT molecular complexity index is 1400. The van der Waals surface area contributed by atoms with E-state index in [0.717, 1.165) is 52.0 Å². The first kappa shape index (κ1) is 28.0. The molecule has 1 aromatic carbocycles. The Balaban J connectivity index is 1.18. The van der Waals surface area contributed by atoms with Crippen molar-refractivity contribution < 1.29 is 12.8 Å². The Morgan fingerprint density at radius 2 is 1.90 bits per heavy atom. The van der Waals surface area contributed by atoms with Crippen LogP contribution in [0.4, 0.5) is 15.9 Å². The second-order valence-electron chi connectivity index (χ2n) is 10.0. The Morgan fingerprint density at radius 3 is 2.54 bits per heavy atom. The molecule has 2 fully saturated rings. The van der Waals surface area contributed by atoms with Crippen molar-refractivity contribution in [3.05, 3.63) is 51.9 Å². The summed E-state index contributed by atoms with van der Waals surface area (Å²) in [4.78, 5) is 11.7. The number of halogens is 3. The third-order valence-corrected chi connectivity index (χ3v) is 8.84. The number of hydrogen-bond acceptors (Lipinski definition) is 8. The highest BCUT2D eigenvalue weighted by Crippen LogP contribution is 2.31. The molecule has 10 nitrogen and oxygen atoms in total. The summed E-state index contributed by atoms with van der Waals surface area (Å²) in [5.41, 5.74) is 6.78.